The summed E-state index contributed by atoms with van der Waals surface area (Å²) in [6, 6.07) is 0.108. The smallest absolute Gasteiger partial charge is 0.407 e. The number of nitrogens with one attached hydrogen (secondary N) is 1. The van der Waals surface area contributed by atoms with Gasteiger partial charge in [-0.3, -0.25) is 4.39 Å². The van der Waals surface area contributed by atoms with Crippen LogP contribution in [-0.2, 0) is 4.74 Å². The lowest BCUT2D eigenvalue weighted by Gasteiger charge is -2.26. The van der Waals surface area contributed by atoms with Crippen molar-refractivity contribution in [3.05, 3.63) is 0 Å². The van der Waals surface area contributed by atoms with Crippen molar-refractivity contribution in [3.63, 3.8) is 0 Å². The summed E-state index contributed by atoms with van der Waals surface area (Å²) in [5, 5.41) is 2.93. The first-order chi connectivity index (χ1) is 8.90. The molecule has 1 aliphatic heterocycles. The molecule has 1 amide bonds. The van der Waals surface area contributed by atoms with Crippen molar-refractivity contribution in [2.45, 2.75) is 58.1 Å². The van der Waals surface area contributed by atoms with E-state index in [2.05, 4.69) is 10.2 Å². The molecule has 0 radical (unpaired) electrons. The van der Waals surface area contributed by atoms with E-state index in [0.29, 0.717) is 6.42 Å². The van der Waals surface area contributed by atoms with E-state index < -0.39 is 5.60 Å². The third-order valence-electron chi connectivity index (χ3n) is 3.08. The molecule has 4 nitrogen and oxygen atoms in total. The first kappa shape index (κ1) is 16.2. The summed E-state index contributed by atoms with van der Waals surface area (Å²) in [5.41, 5.74) is -0.470. The summed E-state index contributed by atoms with van der Waals surface area (Å²) in [6.07, 6.45) is 3.38. The first-order valence-electron chi connectivity index (χ1n) is 7.18. The van der Waals surface area contributed by atoms with Crippen molar-refractivity contribution in [1.82, 2.24) is 10.2 Å². The molecule has 0 aromatic rings. The highest BCUT2D eigenvalue weighted by Gasteiger charge is 2.22. The Kier molecular flexibility index (Phi) is 6.55. The molecule has 0 aliphatic carbocycles. The fraction of sp³-hybridized carbons (Fsp3) is 0.929. The van der Waals surface area contributed by atoms with E-state index in [1.54, 1.807) is 0 Å². The standard InChI is InChI=1S/C14H27FN2O2/c1-14(2,3)19-13(18)16-12-7-4-5-9-17(11-12)10-6-8-15/h12H,4-11H2,1-3H3,(H,16,18)/t12-/m0/s1. The Morgan fingerprint density at radius 3 is 2.79 bits per heavy atom. The van der Waals surface area contributed by atoms with Crippen LogP contribution in [-0.4, -0.2) is 48.9 Å². The number of hydrogen-bond donors (Lipinski definition) is 1. The van der Waals surface area contributed by atoms with Crippen molar-refractivity contribution >= 4 is 6.09 Å². The van der Waals surface area contributed by atoms with E-state index in [4.69, 9.17) is 4.74 Å². The molecular weight excluding hydrogens is 247 g/mol. The fourth-order valence-electron chi connectivity index (χ4n) is 2.30. The SMILES string of the molecule is CC(C)(C)OC(=O)N[C@H]1CCCCN(CCCF)C1. The van der Waals surface area contributed by atoms with Crippen LogP contribution >= 0.6 is 0 Å². The number of ether oxygens (including phenoxy) is 1. The first-order valence-corrected chi connectivity index (χ1v) is 7.18. The van der Waals surface area contributed by atoms with E-state index in [0.717, 1.165) is 38.9 Å². The number of carbonyl (C=O) groups is 1. The third-order valence-corrected chi connectivity index (χ3v) is 3.08. The van der Waals surface area contributed by atoms with Crippen molar-refractivity contribution in [2.24, 2.45) is 0 Å². The van der Waals surface area contributed by atoms with E-state index in [1.807, 2.05) is 20.8 Å². The summed E-state index contributed by atoms with van der Waals surface area (Å²) >= 11 is 0. The molecule has 0 spiro atoms. The predicted molar refractivity (Wildman–Crippen MR) is 74.0 cm³/mol. The minimum Gasteiger partial charge on any atom is -0.444 e. The monoisotopic (exact) mass is 274 g/mol. The molecule has 0 aromatic carbocycles. The van der Waals surface area contributed by atoms with Crippen LogP contribution in [0.5, 0.6) is 0 Å². The Balaban J connectivity index is 2.40. The number of nitrogens with zero attached hydrogens (tertiary/aromatic N) is 1. The molecule has 19 heavy (non-hydrogen) atoms. The lowest BCUT2D eigenvalue weighted by Crippen LogP contribution is -2.44. The van der Waals surface area contributed by atoms with Crippen molar-refractivity contribution < 1.29 is 13.9 Å². The molecule has 0 unspecified atom stereocenters. The van der Waals surface area contributed by atoms with Crippen LogP contribution in [0.1, 0.15) is 46.5 Å². The minimum absolute atomic E-state index is 0.108. The van der Waals surface area contributed by atoms with Gasteiger partial charge in [0.1, 0.15) is 5.60 Å². The Hall–Kier alpha value is -0.840. The number of carbonyl (C=O) groups excluding carboxylic acids is 1. The number of alkyl halides is 1. The van der Waals surface area contributed by atoms with Gasteiger partial charge in [0.25, 0.3) is 0 Å². The van der Waals surface area contributed by atoms with E-state index >= 15 is 0 Å². The Morgan fingerprint density at radius 1 is 1.42 bits per heavy atom. The summed E-state index contributed by atoms with van der Waals surface area (Å²) in [6.45, 7) is 7.84. The Morgan fingerprint density at radius 2 is 2.16 bits per heavy atom. The molecule has 112 valence electrons. The van der Waals surface area contributed by atoms with Crippen LogP contribution < -0.4 is 5.32 Å². The summed E-state index contributed by atoms with van der Waals surface area (Å²) in [5.74, 6) is 0. The van der Waals surface area contributed by atoms with Gasteiger partial charge in [0, 0.05) is 19.1 Å². The highest BCUT2D eigenvalue weighted by Crippen LogP contribution is 2.13. The number of rotatable bonds is 4. The predicted octanol–water partition coefficient (Wildman–Crippen LogP) is 2.73. The zero-order chi connectivity index (χ0) is 14.3. The number of amides is 1. The van der Waals surface area contributed by atoms with Crippen molar-refractivity contribution in [1.29, 1.82) is 0 Å². The van der Waals surface area contributed by atoms with Crippen molar-refractivity contribution in [3.8, 4) is 0 Å². The van der Waals surface area contributed by atoms with E-state index in [-0.39, 0.29) is 18.8 Å². The molecule has 1 heterocycles. The highest BCUT2D eigenvalue weighted by atomic mass is 19.1. The number of hydrogen-bond acceptors (Lipinski definition) is 3. The molecule has 1 rings (SSSR count). The van der Waals surface area contributed by atoms with Crippen LogP contribution in [0.25, 0.3) is 0 Å². The summed E-state index contributed by atoms with van der Waals surface area (Å²) in [7, 11) is 0. The molecular formula is C14H27FN2O2. The Bertz CT molecular complexity index is 279. The fourth-order valence-corrected chi connectivity index (χ4v) is 2.30. The maximum Gasteiger partial charge on any atom is 0.407 e. The topological polar surface area (TPSA) is 41.6 Å². The summed E-state index contributed by atoms with van der Waals surface area (Å²) < 4.78 is 17.5. The van der Waals surface area contributed by atoms with Crippen LogP contribution in [0, 0.1) is 0 Å². The van der Waals surface area contributed by atoms with Crippen LogP contribution in [0.15, 0.2) is 0 Å². The second kappa shape index (κ2) is 7.68. The normalized spacial score (nSPS) is 21.8. The van der Waals surface area contributed by atoms with Gasteiger partial charge in [0.15, 0.2) is 0 Å². The zero-order valence-electron chi connectivity index (χ0n) is 12.4. The third kappa shape index (κ3) is 7.35. The molecule has 0 aromatic heterocycles. The van der Waals surface area contributed by atoms with Crippen LogP contribution in [0.4, 0.5) is 9.18 Å². The van der Waals surface area contributed by atoms with Crippen molar-refractivity contribution in [2.75, 3.05) is 26.3 Å². The van der Waals surface area contributed by atoms with Gasteiger partial charge in [-0.1, -0.05) is 6.42 Å². The van der Waals surface area contributed by atoms with Gasteiger partial charge in [-0.15, -0.1) is 0 Å². The summed E-state index contributed by atoms with van der Waals surface area (Å²) in [4.78, 5) is 14.0. The van der Waals surface area contributed by atoms with Gasteiger partial charge in [-0.25, -0.2) is 4.79 Å². The second-order valence-corrected chi connectivity index (χ2v) is 6.18. The van der Waals surface area contributed by atoms with Gasteiger partial charge >= 0.3 is 6.09 Å². The molecule has 0 bridgehead atoms. The molecule has 5 heteroatoms. The number of alkyl carbamates (subject to hydrolysis) is 1. The van der Waals surface area contributed by atoms with Crippen LogP contribution in [0.3, 0.4) is 0 Å². The minimum atomic E-state index is -0.470. The maximum absolute atomic E-state index is 12.2. The quantitative estimate of drug-likeness (QED) is 0.857. The average molecular weight is 274 g/mol. The van der Waals surface area contributed by atoms with Gasteiger partial charge in [-0.05, 0) is 46.6 Å². The average Bonchev–Trinajstić information content (AvgIpc) is 2.49. The Labute approximate surface area is 115 Å². The zero-order valence-corrected chi connectivity index (χ0v) is 12.4. The van der Waals surface area contributed by atoms with Gasteiger partial charge < -0.3 is 15.0 Å². The molecule has 1 N–H and O–H groups in total. The van der Waals surface area contributed by atoms with E-state index in [1.165, 1.54) is 0 Å². The van der Waals surface area contributed by atoms with Gasteiger partial charge in [0.05, 0.1) is 6.67 Å². The molecule has 1 fully saturated rings. The molecule has 1 saturated heterocycles. The van der Waals surface area contributed by atoms with Gasteiger partial charge in [-0.2, -0.15) is 0 Å². The molecule has 1 atom stereocenters. The lowest BCUT2D eigenvalue weighted by molar-refractivity contribution is 0.0492. The highest BCUT2D eigenvalue weighted by molar-refractivity contribution is 5.68. The maximum atomic E-state index is 12.2. The van der Waals surface area contributed by atoms with E-state index in [9.17, 15) is 9.18 Å². The second-order valence-electron chi connectivity index (χ2n) is 6.18. The lowest BCUT2D eigenvalue weighted by atomic mass is 10.1. The van der Waals surface area contributed by atoms with Crippen LogP contribution in [0.2, 0.25) is 0 Å². The number of halogens is 1. The largest absolute Gasteiger partial charge is 0.444 e. The molecule has 0 saturated carbocycles. The molecule has 1 aliphatic rings. The van der Waals surface area contributed by atoms with Gasteiger partial charge in [0.2, 0.25) is 0 Å². The number of likely N-dealkylation sites (tertiary alicyclic amines) is 1.